The molecular formula is C8H6ClNO2S. The van der Waals surface area contributed by atoms with Gasteiger partial charge in [-0.2, -0.15) is 5.26 Å². The smallest absolute Gasteiger partial charge is 0.207 e. The summed E-state index contributed by atoms with van der Waals surface area (Å²) in [5, 5.41) is 8.53. The number of hydrogen-bond donors (Lipinski definition) is 0. The van der Waals surface area contributed by atoms with E-state index >= 15 is 0 Å². The van der Waals surface area contributed by atoms with Crippen molar-refractivity contribution in [1.29, 1.82) is 5.26 Å². The number of nitriles is 1. The molecule has 1 aliphatic carbocycles. The highest BCUT2D eigenvalue weighted by Crippen LogP contribution is 2.18. The normalized spacial score (nSPS) is 16.9. The second kappa shape index (κ2) is 3.77. The Kier molecular flexibility index (Phi) is 2.91. The SMILES string of the molecule is N#CC1=CCC=C(S(=O)(=O)Cl)C=C1. The Hall–Kier alpha value is -1.05. The molecule has 0 bridgehead atoms. The minimum atomic E-state index is -3.68. The molecular weight excluding hydrogens is 210 g/mol. The average Bonchev–Trinajstić information content (AvgIpc) is 2.26. The summed E-state index contributed by atoms with van der Waals surface area (Å²) in [6, 6.07) is 1.92. The Labute approximate surface area is 81.0 Å². The zero-order valence-corrected chi connectivity index (χ0v) is 8.14. The lowest BCUT2D eigenvalue weighted by Gasteiger charge is -1.92. The van der Waals surface area contributed by atoms with Crippen LogP contribution in [0.15, 0.2) is 34.8 Å². The molecule has 0 atom stereocenters. The maximum absolute atomic E-state index is 10.9. The van der Waals surface area contributed by atoms with Crippen LogP contribution in [0.3, 0.4) is 0 Å². The Balaban J connectivity index is 3.02. The van der Waals surface area contributed by atoms with E-state index in [0.717, 1.165) is 0 Å². The molecule has 0 fully saturated rings. The number of hydrogen-bond acceptors (Lipinski definition) is 3. The molecule has 0 aromatic rings. The van der Waals surface area contributed by atoms with E-state index in [4.69, 9.17) is 15.9 Å². The molecule has 3 nitrogen and oxygen atoms in total. The molecule has 13 heavy (non-hydrogen) atoms. The van der Waals surface area contributed by atoms with Gasteiger partial charge in [0, 0.05) is 16.3 Å². The molecule has 0 amide bonds. The van der Waals surface area contributed by atoms with E-state index in [2.05, 4.69) is 0 Å². The highest BCUT2D eigenvalue weighted by Gasteiger charge is 2.11. The van der Waals surface area contributed by atoms with Gasteiger partial charge in [-0.3, -0.25) is 0 Å². The van der Waals surface area contributed by atoms with Crippen molar-refractivity contribution >= 4 is 19.7 Å². The van der Waals surface area contributed by atoms with Gasteiger partial charge >= 0.3 is 0 Å². The van der Waals surface area contributed by atoms with E-state index in [1.807, 2.05) is 6.07 Å². The minimum Gasteiger partial charge on any atom is -0.207 e. The predicted molar refractivity (Wildman–Crippen MR) is 50.3 cm³/mol. The highest BCUT2D eigenvalue weighted by atomic mass is 35.7. The van der Waals surface area contributed by atoms with Crippen molar-refractivity contribution in [1.82, 2.24) is 0 Å². The summed E-state index contributed by atoms with van der Waals surface area (Å²) < 4.78 is 21.7. The number of nitrogens with zero attached hydrogens (tertiary/aromatic N) is 1. The summed E-state index contributed by atoms with van der Waals surface area (Å²) >= 11 is 0. The van der Waals surface area contributed by atoms with E-state index in [-0.39, 0.29) is 4.91 Å². The highest BCUT2D eigenvalue weighted by molar-refractivity contribution is 8.17. The molecule has 0 saturated carbocycles. The Morgan fingerprint density at radius 3 is 2.62 bits per heavy atom. The van der Waals surface area contributed by atoms with Crippen LogP contribution < -0.4 is 0 Å². The maximum Gasteiger partial charge on any atom is 0.261 e. The van der Waals surface area contributed by atoms with Gasteiger partial charge in [0.15, 0.2) is 0 Å². The molecule has 0 aromatic heterocycles. The van der Waals surface area contributed by atoms with E-state index in [0.29, 0.717) is 12.0 Å². The predicted octanol–water partition coefficient (Wildman–Crippen LogP) is 1.85. The molecule has 0 aliphatic heterocycles. The van der Waals surface area contributed by atoms with Gasteiger partial charge < -0.3 is 0 Å². The van der Waals surface area contributed by atoms with Crippen LogP contribution in [0.2, 0.25) is 0 Å². The number of rotatable bonds is 1. The van der Waals surface area contributed by atoms with Gasteiger partial charge in [-0.15, -0.1) is 0 Å². The fraction of sp³-hybridized carbons (Fsp3) is 0.125. The van der Waals surface area contributed by atoms with Gasteiger partial charge in [0.25, 0.3) is 9.05 Å². The quantitative estimate of drug-likeness (QED) is 0.628. The van der Waals surface area contributed by atoms with Crippen molar-refractivity contribution in [2.75, 3.05) is 0 Å². The molecule has 1 aliphatic rings. The van der Waals surface area contributed by atoms with Gasteiger partial charge in [0.1, 0.15) is 0 Å². The molecule has 0 aromatic carbocycles. The first kappa shape index (κ1) is 10.0. The van der Waals surface area contributed by atoms with Crippen LogP contribution in [0, 0.1) is 11.3 Å². The molecule has 0 heterocycles. The molecule has 0 unspecified atom stereocenters. The second-order valence-electron chi connectivity index (χ2n) is 2.38. The summed E-state index contributed by atoms with van der Waals surface area (Å²) in [5.74, 6) is 0. The summed E-state index contributed by atoms with van der Waals surface area (Å²) in [6.07, 6.45) is 6.25. The van der Waals surface area contributed by atoms with Crippen LogP contribution in [0.25, 0.3) is 0 Å². The summed E-state index contributed by atoms with van der Waals surface area (Å²) in [4.78, 5) is 0.0377. The fourth-order valence-electron chi connectivity index (χ4n) is 0.874. The van der Waals surface area contributed by atoms with Crippen molar-refractivity contribution < 1.29 is 8.42 Å². The van der Waals surface area contributed by atoms with E-state index in [9.17, 15) is 8.42 Å². The Morgan fingerprint density at radius 1 is 1.38 bits per heavy atom. The van der Waals surface area contributed by atoms with Gasteiger partial charge in [-0.25, -0.2) is 8.42 Å². The monoisotopic (exact) mass is 215 g/mol. The van der Waals surface area contributed by atoms with Crippen molar-refractivity contribution in [2.45, 2.75) is 6.42 Å². The largest absolute Gasteiger partial charge is 0.261 e. The molecule has 0 saturated heterocycles. The summed E-state index contributed by atoms with van der Waals surface area (Å²) in [6.45, 7) is 0. The topological polar surface area (TPSA) is 57.9 Å². The zero-order valence-electron chi connectivity index (χ0n) is 6.57. The average molecular weight is 216 g/mol. The first-order valence-corrected chi connectivity index (χ1v) is 5.78. The fourth-order valence-corrected chi connectivity index (χ4v) is 1.74. The standard InChI is InChI=1S/C8H6ClNO2S/c9-13(11,12)8-3-1-2-7(6-10)4-5-8/h2-5H,1H2. The van der Waals surface area contributed by atoms with Crippen LogP contribution in [-0.2, 0) is 9.05 Å². The lowest BCUT2D eigenvalue weighted by molar-refractivity contribution is 0.615. The Bertz CT molecular complexity index is 437. The molecule has 5 heteroatoms. The second-order valence-corrected chi connectivity index (χ2v) is 4.95. The van der Waals surface area contributed by atoms with Crippen LogP contribution in [-0.4, -0.2) is 8.42 Å². The zero-order chi connectivity index (χ0) is 9.90. The van der Waals surface area contributed by atoms with Crippen molar-refractivity contribution in [2.24, 2.45) is 0 Å². The van der Waals surface area contributed by atoms with Crippen molar-refractivity contribution in [3.05, 3.63) is 34.8 Å². The van der Waals surface area contributed by atoms with Crippen LogP contribution in [0.4, 0.5) is 0 Å². The minimum absolute atomic E-state index is 0.0377. The summed E-state index contributed by atoms with van der Waals surface area (Å²) in [5.41, 5.74) is 0.437. The molecule has 0 spiro atoms. The van der Waals surface area contributed by atoms with E-state index in [1.54, 1.807) is 6.08 Å². The van der Waals surface area contributed by atoms with E-state index in [1.165, 1.54) is 18.2 Å². The van der Waals surface area contributed by atoms with Gasteiger partial charge in [0.05, 0.1) is 11.0 Å². The number of allylic oxidation sites excluding steroid dienone is 5. The van der Waals surface area contributed by atoms with E-state index < -0.39 is 9.05 Å². The lowest BCUT2D eigenvalue weighted by atomic mass is 10.2. The van der Waals surface area contributed by atoms with Crippen molar-refractivity contribution in [3.8, 4) is 6.07 Å². The first-order chi connectivity index (χ1) is 6.04. The molecule has 1 rings (SSSR count). The van der Waals surface area contributed by atoms with Gasteiger partial charge in [0.2, 0.25) is 0 Å². The third-order valence-electron chi connectivity index (χ3n) is 1.49. The van der Waals surface area contributed by atoms with Crippen LogP contribution in [0.1, 0.15) is 6.42 Å². The first-order valence-electron chi connectivity index (χ1n) is 3.47. The van der Waals surface area contributed by atoms with Crippen molar-refractivity contribution in [3.63, 3.8) is 0 Å². The van der Waals surface area contributed by atoms with Crippen LogP contribution >= 0.6 is 10.7 Å². The maximum atomic E-state index is 10.9. The van der Waals surface area contributed by atoms with Gasteiger partial charge in [-0.1, -0.05) is 12.2 Å². The Morgan fingerprint density at radius 2 is 2.08 bits per heavy atom. The van der Waals surface area contributed by atoms with Gasteiger partial charge in [-0.05, 0) is 18.6 Å². The summed E-state index contributed by atoms with van der Waals surface area (Å²) in [7, 11) is 1.44. The molecule has 68 valence electrons. The molecule has 0 radical (unpaired) electrons. The lowest BCUT2D eigenvalue weighted by Crippen LogP contribution is -1.90. The molecule has 0 N–H and O–H groups in total. The third kappa shape index (κ3) is 2.72. The number of halogens is 1. The van der Waals surface area contributed by atoms with Crippen LogP contribution in [0.5, 0.6) is 0 Å². The third-order valence-corrected chi connectivity index (χ3v) is 2.89.